The summed E-state index contributed by atoms with van der Waals surface area (Å²) in [4.78, 5) is 21.8. The summed E-state index contributed by atoms with van der Waals surface area (Å²) in [6.07, 6.45) is 1.03. The summed E-state index contributed by atoms with van der Waals surface area (Å²) in [7, 11) is 0. The molecule has 100 valence electrons. The maximum Gasteiger partial charge on any atom is 0.303 e. The minimum atomic E-state index is -0.980. The van der Waals surface area contributed by atoms with Crippen molar-refractivity contribution >= 4 is 11.9 Å². The molecule has 0 aromatic rings. The molecule has 6 nitrogen and oxygen atoms in total. The Kier molecular flexibility index (Phi) is 6.75. The van der Waals surface area contributed by atoms with Crippen molar-refractivity contribution in [3.8, 4) is 0 Å². The summed E-state index contributed by atoms with van der Waals surface area (Å²) in [6, 6.07) is -0.843. The second-order valence-corrected chi connectivity index (χ2v) is 4.19. The SMILES string of the molecule is CCC(O)(CC)CNC(=O)C(N)CCC(=O)O. The number of carboxylic acid groups (broad SMARTS) is 1. The first-order valence-corrected chi connectivity index (χ1v) is 5.82. The molecule has 5 N–H and O–H groups in total. The third-order valence-electron chi connectivity index (χ3n) is 2.91. The molecule has 0 aromatic carbocycles. The van der Waals surface area contributed by atoms with Crippen LogP contribution in [0.25, 0.3) is 0 Å². The number of carbonyl (C=O) groups is 2. The highest BCUT2D eigenvalue weighted by Crippen LogP contribution is 2.12. The Labute approximate surface area is 101 Å². The van der Waals surface area contributed by atoms with Crippen LogP contribution in [0.5, 0.6) is 0 Å². The van der Waals surface area contributed by atoms with Gasteiger partial charge in [-0.1, -0.05) is 13.8 Å². The van der Waals surface area contributed by atoms with E-state index >= 15 is 0 Å². The summed E-state index contributed by atoms with van der Waals surface area (Å²) < 4.78 is 0. The van der Waals surface area contributed by atoms with Crippen molar-refractivity contribution in [2.75, 3.05) is 6.54 Å². The molecular formula is C11H22N2O4. The topological polar surface area (TPSA) is 113 Å². The summed E-state index contributed by atoms with van der Waals surface area (Å²) in [5.41, 5.74) is 4.61. The first kappa shape index (κ1) is 15.9. The van der Waals surface area contributed by atoms with Crippen molar-refractivity contribution in [2.45, 2.75) is 51.2 Å². The molecule has 0 spiro atoms. The van der Waals surface area contributed by atoms with E-state index in [1.165, 1.54) is 0 Å². The minimum absolute atomic E-state index is 0.0951. The molecule has 0 saturated carbocycles. The maximum absolute atomic E-state index is 11.5. The van der Waals surface area contributed by atoms with Crippen LogP contribution in [0.2, 0.25) is 0 Å². The fraction of sp³-hybridized carbons (Fsp3) is 0.818. The Morgan fingerprint density at radius 1 is 1.35 bits per heavy atom. The van der Waals surface area contributed by atoms with Gasteiger partial charge in [-0.25, -0.2) is 0 Å². The van der Waals surface area contributed by atoms with E-state index in [4.69, 9.17) is 10.8 Å². The van der Waals surface area contributed by atoms with E-state index in [2.05, 4.69) is 5.32 Å². The molecule has 17 heavy (non-hydrogen) atoms. The number of hydrogen-bond acceptors (Lipinski definition) is 4. The van der Waals surface area contributed by atoms with E-state index in [1.807, 2.05) is 13.8 Å². The van der Waals surface area contributed by atoms with E-state index in [9.17, 15) is 14.7 Å². The van der Waals surface area contributed by atoms with Gasteiger partial charge < -0.3 is 21.3 Å². The fourth-order valence-corrected chi connectivity index (χ4v) is 1.29. The van der Waals surface area contributed by atoms with Gasteiger partial charge in [-0.2, -0.15) is 0 Å². The van der Waals surface area contributed by atoms with Crippen LogP contribution in [-0.2, 0) is 9.59 Å². The van der Waals surface area contributed by atoms with Gasteiger partial charge in [-0.15, -0.1) is 0 Å². The van der Waals surface area contributed by atoms with Gasteiger partial charge in [0.25, 0.3) is 0 Å². The summed E-state index contributed by atoms with van der Waals surface area (Å²) >= 11 is 0. The summed E-state index contributed by atoms with van der Waals surface area (Å²) in [5.74, 6) is -1.40. The largest absolute Gasteiger partial charge is 0.481 e. The number of nitrogens with one attached hydrogen (secondary N) is 1. The van der Waals surface area contributed by atoms with Crippen LogP contribution in [0.4, 0.5) is 0 Å². The minimum Gasteiger partial charge on any atom is -0.481 e. The van der Waals surface area contributed by atoms with Crippen LogP contribution in [0, 0.1) is 0 Å². The monoisotopic (exact) mass is 246 g/mol. The number of carboxylic acids is 1. The van der Waals surface area contributed by atoms with Crippen LogP contribution >= 0.6 is 0 Å². The highest BCUT2D eigenvalue weighted by atomic mass is 16.4. The number of aliphatic carboxylic acids is 1. The predicted octanol–water partition coefficient (Wildman–Crippen LogP) is -0.154. The number of nitrogens with two attached hydrogens (primary N) is 1. The Morgan fingerprint density at radius 3 is 2.29 bits per heavy atom. The van der Waals surface area contributed by atoms with Gasteiger partial charge in [0.05, 0.1) is 11.6 Å². The Balaban J connectivity index is 4.04. The van der Waals surface area contributed by atoms with E-state index in [-0.39, 0.29) is 19.4 Å². The van der Waals surface area contributed by atoms with Gasteiger partial charge in [0, 0.05) is 13.0 Å². The Morgan fingerprint density at radius 2 is 1.88 bits per heavy atom. The predicted molar refractivity (Wildman–Crippen MR) is 63.4 cm³/mol. The lowest BCUT2D eigenvalue weighted by Crippen LogP contribution is -2.47. The van der Waals surface area contributed by atoms with E-state index in [1.54, 1.807) is 0 Å². The van der Waals surface area contributed by atoms with Crippen molar-refractivity contribution < 1.29 is 19.8 Å². The van der Waals surface area contributed by atoms with Gasteiger partial charge >= 0.3 is 5.97 Å². The molecule has 6 heteroatoms. The molecular weight excluding hydrogens is 224 g/mol. The zero-order valence-electron chi connectivity index (χ0n) is 10.4. The Bertz CT molecular complexity index is 264. The number of amides is 1. The first-order chi connectivity index (χ1) is 7.84. The zero-order chi connectivity index (χ0) is 13.5. The fourth-order valence-electron chi connectivity index (χ4n) is 1.29. The lowest BCUT2D eigenvalue weighted by Gasteiger charge is -2.26. The van der Waals surface area contributed by atoms with Gasteiger partial charge in [-0.3, -0.25) is 9.59 Å². The summed E-state index contributed by atoms with van der Waals surface area (Å²) in [6.45, 7) is 3.81. The normalized spacial score (nSPS) is 13.2. The second kappa shape index (κ2) is 7.24. The van der Waals surface area contributed by atoms with Crippen LogP contribution in [0.1, 0.15) is 39.5 Å². The van der Waals surface area contributed by atoms with E-state index in [0.717, 1.165) is 0 Å². The van der Waals surface area contributed by atoms with Crippen molar-refractivity contribution in [1.82, 2.24) is 5.32 Å². The first-order valence-electron chi connectivity index (χ1n) is 5.82. The van der Waals surface area contributed by atoms with E-state index < -0.39 is 23.5 Å². The molecule has 1 amide bonds. The highest BCUT2D eigenvalue weighted by molar-refractivity contribution is 5.82. The second-order valence-electron chi connectivity index (χ2n) is 4.19. The van der Waals surface area contributed by atoms with E-state index in [0.29, 0.717) is 12.8 Å². The van der Waals surface area contributed by atoms with Gasteiger partial charge in [0.1, 0.15) is 0 Å². The maximum atomic E-state index is 11.5. The number of carbonyl (C=O) groups excluding carboxylic acids is 1. The Hall–Kier alpha value is -1.14. The number of aliphatic hydroxyl groups is 1. The molecule has 0 saturated heterocycles. The van der Waals surface area contributed by atoms with Gasteiger partial charge in [-0.05, 0) is 19.3 Å². The lowest BCUT2D eigenvalue weighted by molar-refractivity contribution is -0.137. The molecule has 0 fully saturated rings. The molecule has 0 aliphatic carbocycles. The molecule has 0 heterocycles. The van der Waals surface area contributed by atoms with Crippen molar-refractivity contribution in [2.24, 2.45) is 5.73 Å². The number of rotatable bonds is 8. The van der Waals surface area contributed by atoms with Crippen LogP contribution < -0.4 is 11.1 Å². The zero-order valence-corrected chi connectivity index (χ0v) is 10.4. The smallest absolute Gasteiger partial charge is 0.303 e. The van der Waals surface area contributed by atoms with Crippen molar-refractivity contribution in [3.63, 3.8) is 0 Å². The molecule has 1 unspecified atom stereocenters. The summed E-state index contributed by atoms with van der Waals surface area (Å²) in [5, 5.41) is 20.9. The third-order valence-corrected chi connectivity index (χ3v) is 2.91. The molecule has 0 rings (SSSR count). The van der Waals surface area contributed by atoms with Crippen LogP contribution in [-0.4, -0.2) is 40.3 Å². The molecule has 0 radical (unpaired) electrons. The average molecular weight is 246 g/mol. The van der Waals surface area contributed by atoms with Gasteiger partial charge in [0.2, 0.25) is 5.91 Å². The van der Waals surface area contributed by atoms with Crippen LogP contribution in [0.3, 0.4) is 0 Å². The highest BCUT2D eigenvalue weighted by Gasteiger charge is 2.24. The standard InChI is InChI=1S/C11H22N2O4/c1-3-11(17,4-2)7-13-10(16)8(12)5-6-9(14)15/h8,17H,3-7,12H2,1-2H3,(H,13,16)(H,14,15). The number of hydrogen-bond donors (Lipinski definition) is 4. The van der Waals surface area contributed by atoms with Gasteiger partial charge in [0.15, 0.2) is 0 Å². The van der Waals surface area contributed by atoms with Crippen molar-refractivity contribution in [3.05, 3.63) is 0 Å². The molecule has 0 aliphatic heterocycles. The average Bonchev–Trinajstić information content (AvgIpc) is 2.32. The molecule has 1 atom stereocenters. The van der Waals surface area contributed by atoms with Crippen molar-refractivity contribution in [1.29, 1.82) is 0 Å². The molecule has 0 aliphatic rings. The quantitative estimate of drug-likeness (QED) is 0.475. The third kappa shape index (κ3) is 6.23. The van der Waals surface area contributed by atoms with Crippen LogP contribution in [0.15, 0.2) is 0 Å². The lowest BCUT2D eigenvalue weighted by atomic mass is 9.97. The molecule has 0 bridgehead atoms. The molecule has 0 aromatic heterocycles.